The maximum absolute atomic E-state index is 14.6. The molecule has 0 saturated heterocycles. The number of nitrogens with zero attached hydrogens (tertiary/aromatic N) is 3. The first-order valence-electron chi connectivity index (χ1n) is 9.65. The van der Waals surface area contributed by atoms with E-state index in [4.69, 9.17) is 5.26 Å². The summed E-state index contributed by atoms with van der Waals surface area (Å²) in [5.74, 6) is 1.41. The molecule has 0 atom stereocenters. The predicted molar refractivity (Wildman–Crippen MR) is 113 cm³/mol. The van der Waals surface area contributed by atoms with Crippen molar-refractivity contribution in [1.29, 1.82) is 5.26 Å². The van der Waals surface area contributed by atoms with Crippen LogP contribution in [0.3, 0.4) is 0 Å². The Kier molecular flexibility index (Phi) is 6.68. The van der Waals surface area contributed by atoms with Gasteiger partial charge in [0.1, 0.15) is 5.82 Å². The molecule has 0 unspecified atom stereocenters. The normalized spacial score (nSPS) is 11.2. The van der Waals surface area contributed by atoms with Gasteiger partial charge in [-0.25, -0.2) is 26.7 Å². The molecule has 1 N–H and O–H groups in total. The zero-order chi connectivity index (χ0) is 24.3. The molecule has 0 bridgehead atoms. The molecule has 0 amide bonds. The van der Waals surface area contributed by atoms with E-state index in [2.05, 4.69) is 21.8 Å². The van der Waals surface area contributed by atoms with Gasteiger partial charge in [-0.2, -0.15) is 10.2 Å². The second-order valence-corrected chi connectivity index (χ2v) is 7.82. The molecule has 33 heavy (non-hydrogen) atoms. The van der Waals surface area contributed by atoms with Crippen molar-refractivity contribution < 1.29 is 22.0 Å². The van der Waals surface area contributed by atoms with E-state index in [0.717, 1.165) is 29.2 Å². The van der Waals surface area contributed by atoms with E-state index < -0.39 is 52.7 Å². The minimum Gasteiger partial charge on any atom is -0.320 e. The van der Waals surface area contributed by atoms with Crippen LogP contribution < -0.4 is 10.6 Å². The molecule has 2 aromatic carbocycles. The molecule has 3 rings (SSSR count). The standard InChI is InChI=1S/C23H17F5N4O/c1-23(2,7-8-29)6-5-13-9-14(24)11-15(10-13)32(12-18(26)27)21-19-17(30-22(33)31-21)4-3-16(25)20(19)28/h3-4,9-11,18H,7,12H2,1-2H3,(H,30,31,33). The number of H-pyrrole nitrogens is 1. The van der Waals surface area contributed by atoms with E-state index in [9.17, 15) is 26.7 Å². The Morgan fingerprint density at radius 1 is 1.18 bits per heavy atom. The maximum atomic E-state index is 14.6. The van der Waals surface area contributed by atoms with Crippen LogP contribution in [0.4, 0.5) is 33.5 Å². The summed E-state index contributed by atoms with van der Waals surface area (Å²) in [6.07, 6.45) is -2.89. The predicted octanol–water partition coefficient (Wildman–Crippen LogP) is 5.03. The number of rotatable bonds is 5. The summed E-state index contributed by atoms with van der Waals surface area (Å²) >= 11 is 0. The number of aromatic amines is 1. The number of hydrogen-bond acceptors (Lipinski definition) is 4. The third-order valence-electron chi connectivity index (χ3n) is 4.60. The van der Waals surface area contributed by atoms with Gasteiger partial charge in [0.2, 0.25) is 0 Å². The van der Waals surface area contributed by atoms with Gasteiger partial charge in [-0.15, -0.1) is 0 Å². The molecular weight excluding hydrogens is 443 g/mol. The van der Waals surface area contributed by atoms with Gasteiger partial charge in [0.25, 0.3) is 6.43 Å². The number of fused-ring (bicyclic) bond motifs is 1. The van der Waals surface area contributed by atoms with E-state index in [1.54, 1.807) is 13.8 Å². The zero-order valence-corrected chi connectivity index (χ0v) is 17.5. The lowest BCUT2D eigenvalue weighted by Gasteiger charge is -2.25. The van der Waals surface area contributed by atoms with E-state index in [1.807, 2.05) is 6.07 Å². The molecule has 1 heterocycles. The van der Waals surface area contributed by atoms with Crippen LogP contribution in [0.2, 0.25) is 0 Å². The Hall–Kier alpha value is -3.92. The smallest absolute Gasteiger partial charge is 0.320 e. The number of alkyl halides is 2. The fourth-order valence-electron chi connectivity index (χ4n) is 3.10. The van der Waals surface area contributed by atoms with E-state index in [-0.39, 0.29) is 23.2 Å². The molecule has 0 saturated carbocycles. The molecule has 0 spiro atoms. The minimum absolute atomic E-state index is 0.0936. The van der Waals surface area contributed by atoms with Gasteiger partial charge in [-0.3, -0.25) is 0 Å². The van der Waals surface area contributed by atoms with Crippen LogP contribution in [0, 0.1) is 46.0 Å². The van der Waals surface area contributed by atoms with Crippen LogP contribution in [0.1, 0.15) is 25.8 Å². The summed E-state index contributed by atoms with van der Waals surface area (Å²) in [5, 5.41) is 8.33. The Labute approximate surface area is 185 Å². The quantitative estimate of drug-likeness (QED) is 0.428. The van der Waals surface area contributed by atoms with Gasteiger partial charge in [-0.1, -0.05) is 11.8 Å². The third kappa shape index (κ3) is 5.47. The van der Waals surface area contributed by atoms with Crippen molar-refractivity contribution in [3.05, 3.63) is 63.8 Å². The highest BCUT2D eigenvalue weighted by Crippen LogP contribution is 2.33. The lowest BCUT2D eigenvalue weighted by molar-refractivity contribution is 0.157. The van der Waals surface area contributed by atoms with Gasteiger partial charge in [0.15, 0.2) is 17.5 Å². The van der Waals surface area contributed by atoms with Crippen molar-refractivity contribution >= 4 is 22.4 Å². The van der Waals surface area contributed by atoms with Gasteiger partial charge in [0.05, 0.1) is 29.9 Å². The molecule has 0 aliphatic rings. The summed E-state index contributed by atoms with van der Waals surface area (Å²) < 4.78 is 69.8. The molecular formula is C23H17F5N4O. The molecule has 0 aliphatic carbocycles. The Balaban J connectivity index is 2.24. The molecule has 5 nitrogen and oxygen atoms in total. The Morgan fingerprint density at radius 2 is 1.91 bits per heavy atom. The molecule has 170 valence electrons. The topological polar surface area (TPSA) is 72.8 Å². The molecule has 1 aromatic heterocycles. The van der Waals surface area contributed by atoms with Gasteiger partial charge < -0.3 is 9.88 Å². The second kappa shape index (κ2) is 9.29. The van der Waals surface area contributed by atoms with Gasteiger partial charge >= 0.3 is 5.69 Å². The van der Waals surface area contributed by atoms with Crippen molar-refractivity contribution in [2.24, 2.45) is 5.41 Å². The summed E-state index contributed by atoms with van der Waals surface area (Å²) in [6, 6.07) is 7.03. The summed E-state index contributed by atoms with van der Waals surface area (Å²) in [4.78, 5) is 18.5. The van der Waals surface area contributed by atoms with Crippen molar-refractivity contribution in [2.75, 3.05) is 11.4 Å². The molecule has 0 radical (unpaired) electrons. The highest BCUT2D eigenvalue weighted by atomic mass is 19.3. The Bertz CT molecular complexity index is 1370. The number of anilines is 2. The fourth-order valence-corrected chi connectivity index (χ4v) is 3.10. The third-order valence-corrected chi connectivity index (χ3v) is 4.60. The van der Waals surface area contributed by atoms with Gasteiger partial charge in [0, 0.05) is 16.7 Å². The summed E-state index contributed by atoms with van der Waals surface area (Å²) in [5.41, 5.74) is -1.97. The van der Waals surface area contributed by atoms with Crippen molar-refractivity contribution in [3.8, 4) is 17.9 Å². The van der Waals surface area contributed by atoms with Crippen molar-refractivity contribution in [1.82, 2.24) is 9.97 Å². The van der Waals surface area contributed by atoms with Crippen LogP contribution >= 0.6 is 0 Å². The minimum atomic E-state index is -3.00. The van der Waals surface area contributed by atoms with Crippen molar-refractivity contribution in [2.45, 2.75) is 26.7 Å². The number of halogens is 5. The monoisotopic (exact) mass is 460 g/mol. The van der Waals surface area contributed by atoms with Crippen molar-refractivity contribution in [3.63, 3.8) is 0 Å². The number of benzene rings is 2. The first kappa shape index (κ1) is 23.7. The molecule has 0 fully saturated rings. The van der Waals surface area contributed by atoms with Crippen LogP contribution in [0.25, 0.3) is 10.9 Å². The number of aromatic nitrogens is 2. The highest BCUT2D eigenvalue weighted by Gasteiger charge is 2.24. The average molecular weight is 460 g/mol. The lowest BCUT2D eigenvalue weighted by Crippen LogP contribution is -2.28. The Morgan fingerprint density at radius 3 is 2.58 bits per heavy atom. The second-order valence-electron chi connectivity index (χ2n) is 7.82. The van der Waals surface area contributed by atoms with Crippen LogP contribution in [-0.2, 0) is 0 Å². The highest BCUT2D eigenvalue weighted by molar-refractivity contribution is 5.92. The summed E-state index contributed by atoms with van der Waals surface area (Å²) in [7, 11) is 0. The first-order chi connectivity index (χ1) is 15.5. The maximum Gasteiger partial charge on any atom is 0.347 e. The zero-order valence-electron chi connectivity index (χ0n) is 17.5. The average Bonchev–Trinajstić information content (AvgIpc) is 2.72. The SMILES string of the molecule is CC(C)(C#Cc1cc(F)cc(N(CC(F)F)c2nc(=O)[nH]c3ccc(F)c(F)c23)c1)CC#N. The molecule has 10 heteroatoms. The van der Waals surface area contributed by atoms with E-state index >= 15 is 0 Å². The van der Waals surface area contributed by atoms with Crippen LogP contribution in [0.15, 0.2) is 35.1 Å². The fraction of sp³-hybridized carbons (Fsp3) is 0.261. The first-order valence-corrected chi connectivity index (χ1v) is 9.65. The van der Waals surface area contributed by atoms with E-state index in [0.29, 0.717) is 0 Å². The molecule has 0 aliphatic heterocycles. The van der Waals surface area contributed by atoms with Crippen LogP contribution in [0.5, 0.6) is 0 Å². The number of hydrogen-bond donors (Lipinski definition) is 1. The number of nitrogens with one attached hydrogen (secondary N) is 1. The largest absolute Gasteiger partial charge is 0.347 e. The van der Waals surface area contributed by atoms with Gasteiger partial charge in [-0.05, 0) is 44.2 Å². The molecule has 3 aromatic rings. The number of nitriles is 1. The van der Waals surface area contributed by atoms with E-state index in [1.165, 1.54) is 6.07 Å². The lowest BCUT2D eigenvalue weighted by atomic mass is 9.90. The van der Waals surface area contributed by atoms with Crippen LogP contribution in [-0.4, -0.2) is 22.9 Å². The summed E-state index contributed by atoms with van der Waals surface area (Å²) in [6.45, 7) is 2.32.